The molecule has 19 heavy (non-hydrogen) atoms. The lowest BCUT2D eigenvalue weighted by molar-refractivity contribution is 0.172. The molecule has 0 bridgehead atoms. The number of nitrogens with two attached hydrogens (primary N) is 1. The minimum Gasteiger partial charge on any atom is -0.398 e. The van der Waals surface area contributed by atoms with Crippen LogP contribution >= 0.6 is 0 Å². The van der Waals surface area contributed by atoms with Gasteiger partial charge >= 0.3 is 0 Å². The Bertz CT molecular complexity index is 529. The summed E-state index contributed by atoms with van der Waals surface area (Å²) in [5.74, 6) is 0. The molecule has 0 aliphatic carbocycles. The first-order valence-electron chi connectivity index (χ1n) is 6.31. The first kappa shape index (κ1) is 15.9. The Morgan fingerprint density at radius 2 is 1.89 bits per heavy atom. The first-order chi connectivity index (χ1) is 8.80. The van der Waals surface area contributed by atoms with Gasteiger partial charge in [0.15, 0.2) is 0 Å². The summed E-state index contributed by atoms with van der Waals surface area (Å²) in [6.07, 6.45) is 1.01. The second-order valence-corrected chi connectivity index (χ2v) is 6.44. The van der Waals surface area contributed by atoms with Crippen LogP contribution in [-0.4, -0.2) is 25.7 Å². The molecule has 0 saturated carbocycles. The van der Waals surface area contributed by atoms with Gasteiger partial charge in [-0.1, -0.05) is 19.9 Å². The molecule has 0 unspecified atom stereocenters. The Morgan fingerprint density at radius 3 is 2.32 bits per heavy atom. The number of aliphatic hydroxyl groups excluding tert-OH is 1. The van der Waals surface area contributed by atoms with Gasteiger partial charge in [0.2, 0.25) is 10.0 Å². The van der Waals surface area contributed by atoms with Crippen LogP contribution in [0, 0.1) is 6.92 Å². The first-order valence-corrected chi connectivity index (χ1v) is 7.79. The number of hydrogen-bond acceptors (Lipinski definition) is 4. The minimum atomic E-state index is -3.74. The summed E-state index contributed by atoms with van der Waals surface area (Å²) in [5, 5.41) is 9.44. The SMILES string of the molecule is CCC(CC)(CO)NS(=O)(=O)c1ccc(C)cc1N. The van der Waals surface area contributed by atoms with Crippen molar-refractivity contribution < 1.29 is 13.5 Å². The predicted octanol–water partition coefficient (Wildman–Crippen LogP) is 1.41. The summed E-state index contributed by atoms with van der Waals surface area (Å²) in [4.78, 5) is 0.0535. The van der Waals surface area contributed by atoms with Crippen LogP contribution in [0.1, 0.15) is 32.3 Å². The summed E-state index contributed by atoms with van der Waals surface area (Å²) in [5.41, 5.74) is 6.05. The van der Waals surface area contributed by atoms with Crippen molar-refractivity contribution in [3.8, 4) is 0 Å². The zero-order chi connectivity index (χ0) is 14.7. The van der Waals surface area contributed by atoms with Crippen LogP contribution < -0.4 is 10.5 Å². The van der Waals surface area contributed by atoms with Crippen LogP contribution in [0.3, 0.4) is 0 Å². The van der Waals surface area contributed by atoms with Crippen LogP contribution in [0.25, 0.3) is 0 Å². The molecule has 0 spiro atoms. The average Bonchev–Trinajstić information content (AvgIpc) is 2.35. The number of rotatable bonds is 6. The Hall–Kier alpha value is -1.11. The van der Waals surface area contributed by atoms with Crippen molar-refractivity contribution in [1.82, 2.24) is 4.72 Å². The van der Waals surface area contributed by atoms with E-state index in [4.69, 9.17) is 5.73 Å². The minimum absolute atomic E-state index is 0.0535. The van der Waals surface area contributed by atoms with Gasteiger partial charge in [-0.3, -0.25) is 0 Å². The van der Waals surface area contributed by atoms with E-state index in [2.05, 4.69) is 4.72 Å². The van der Waals surface area contributed by atoms with Crippen molar-refractivity contribution in [2.45, 2.75) is 44.0 Å². The fourth-order valence-electron chi connectivity index (χ4n) is 1.90. The smallest absolute Gasteiger partial charge is 0.243 e. The van der Waals surface area contributed by atoms with Crippen molar-refractivity contribution in [1.29, 1.82) is 0 Å². The zero-order valence-electron chi connectivity index (χ0n) is 11.6. The maximum absolute atomic E-state index is 12.4. The molecule has 0 heterocycles. The van der Waals surface area contributed by atoms with Gasteiger partial charge in [-0.05, 0) is 37.5 Å². The fourth-order valence-corrected chi connectivity index (χ4v) is 3.55. The molecular formula is C13H22N2O3S. The highest BCUT2D eigenvalue weighted by Crippen LogP contribution is 2.23. The number of nitrogen functional groups attached to an aromatic ring is 1. The maximum Gasteiger partial charge on any atom is 0.243 e. The topological polar surface area (TPSA) is 92.4 Å². The Labute approximate surface area is 114 Å². The Balaban J connectivity index is 3.17. The molecule has 0 aromatic heterocycles. The largest absolute Gasteiger partial charge is 0.398 e. The highest BCUT2D eigenvalue weighted by atomic mass is 32.2. The number of sulfonamides is 1. The lowest BCUT2D eigenvalue weighted by Gasteiger charge is -2.30. The van der Waals surface area contributed by atoms with E-state index in [1.165, 1.54) is 6.07 Å². The van der Waals surface area contributed by atoms with Gasteiger partial charge in [0.1, 0.15) is 4.90 Å². The molecule has 1 rings (SSSR count). The molecule has 0 amide bonds. The molecule has 0 atom stereocenters. The maximum atomic E-state index is 12.4. The highest BCUT2D eigenvalue weighted by Gasteiger charge is 2.32. The average molecular weight is 286 g/mol. The molecule has 1 aromatic rings. The van der Waals surface area contributed by atoms with Crippen molar-refractivity contribution in [2.75, 3.05) is 12.3 Å². The van der Waals surface area contributed by atoms with E-state index in [1.54, 1.807) is 12.1 Å². The molecule has 108 valence electrons. The molecule has 0 saturated heterocycles. The molecular weight excluding hydrogens is 264 g/mol. The molecule has 0 fully saturated rings. The Kier molecular flexibility index (Phi) is 4.95. The van der Waals surface area contributed by atoms with Crippen LogP contribution in [0.4, 0.5) is 5.69 Å². The normalized spacial score (nSPS) is 12.6. The van der Waals surface area contributed by atoms with Gasteiger partial charge in [-0.25, -0.2) is 13.1 Å². The summed E-state index contributed by atoms with van der Waals surface area (Å²) in [6, 6.07) is 4.80. The standard InChI is InChI=1S/C13H22N2O3S/c1-4-13(5-2,9-16)15-19(17,18)12-7-6-10(3)8-11(12)14/h6-8,15-16H,4-5,9,14H2,1-3H3. The van der Waals surface area contributed by atoms with E-state index in [9.17, 15) is 13.5 Å². The van der Waals surface area contributed by atoms with Crippen LogP contribution in [0.15, 0.2) is 23.1 Å². The van der Waals surface area contributed by atoms with Crippen molar-refractivity contribution in [3.63, 3.8) is 0 Å². The number of benzene rings is 1. The number of aryl methyl sites for hydroxylation is 1. The predicted molar refractivity (Wildman–Crippen MR) is 76.3 cm³/mol. The van der Waals surface area contributed by atoms with Gasteiger partial charge in [-0.15, -0.1) is 0 Å². The quantitative estimate of drug-likeness (QED) is 0.689. The summed E-state index contributed by atoms with van der Waals surface area (Å²) in [7, 11) is -3.74. The number of aliphatic hydroxyl groups is 1. The zero-order valence-corrected chi connectivity index (χ0v) is 12.4. The van der Waals surface area contributed by atoms with E-state index in [0.717, 1.165) is 5.56 Å². The second-order valence-electron chi connectivity index (χ2n) is 4.79. The van der Waals surface area contributed by atoms with Gasteiger partial charge in [0.25, 0.3) is 0 Å². The monoisotopic (exact) mass is 286 g/mol. The van der Waals surface area contributed by atoms with Gasteiger partial charge in [0, 0.05) is 0 Å². The van der Waals surface area contributed by atoms with Gasteiger partial charge in [0.05, 0.1) is 17.8 Å². The lowest BCUT2D eigenvalue weighted by atomic mass is 9.96. The van der Waals surface area contributed by atoms with E-state index in [0.29, 0.717) is 12.8 Å². The molecule has 4 N–H and O–H groups in total. The van der Waals surface area contributed by atoms with Crippen LogP contribution in [-0.2, 0) is 10.0 Å². The molecule has 1 aromatic carbocycles. The molecule has 0 radical (unpaired) electrons. The van der Waals surface area contributed by atoms with Crippen LogP contribution in [0.5, 0.6) is 0 Å². The number of nitrogens with one attached hydrogen (secondary N) is 1. The van der Waals surface area contributed by atoms with Crippen molar-refractivity contribution in [3.05, 3.63) is 23.8 Å². The lowest BCUT2D eigenvalue weighted by Crippen LogP contribution is -2.50. The summed E-state index contributed by atoms with van der Waals surface area (Å²) in [6.45, 7) is 5.27. The number of anilines is 1. The highest BCUT2D eigenvalue weighted by molar-refractivity contribution is 7.89. The van der Waals surface area contributed by atoms with E-state index in [1.807, 2.05) is 20.8 Å². The molecule has 0 aliphatic rings. The summed E-state index contributed by atoms with van der Waals surface area (Å²) >= 11 is 0. The Morgan fingerprint density at radius 1 is 1.32 bits per heavy atom. The third kappa shape index (κ3) is 3.46. The van der Waals surface area contributed by atoms with E-state index >= 15 is 0 Å². The third-order valence-electron chi connectivity index (χ3n) is 3.46. The molecule has 5 nitrogen and oxygen atoms in total. The van der Waals surface area contributed by atoms with Gasteiger partial charge < -0.3 is 10.8 Å². The van der Waals surface area contributed by atoms with Crippen LogP contribution in [0.2, 0.25) is 0 Å². The molecule has 6 heteroatoms. The number of hydrogen-bond donors (Lipinski definition) is 3. The third-order valence-corrected chi connectivity index (χ3v) is 5.11. The van der Waals surface area contributed by atoms with Crippen molar-refractivity contribution in [2.24, 2.45) is 0 Å². The molecule has 0 aliphatic heterocycles. The van der Waals surface area contributed by atoms with Crippen molar-refractivity contribution >= 4 is 15.7 Å². The second kappa shape index (κ2) is 5.90. The summed E-state index contributed by atoms with van der Waals surface area (Å²) < 4.78 is 27.3. The van der Waals surface area contributed by atoms with E-state index in [-0.39, 0.29) is 17.2 Å². The fraction of sp³-hybridized carbons (Fsp3) is 0.538. The van der Waals surface area contributed by atoms with Gasteiger partial charge in [-0.2, -0.15) is 0 Å². The van der Waals surface area contributed by atoms with E-state index < -0.39 is 15.6 Å².